The fourth-order valence-electron chi connectivity index (χ4n) is 4.88. The van der Waals surface area contributed by atoms with E-state index < -0.39 is 0 Å². The molecule has 2 aromatic carbocycles. The highest BCUT2D eigenvalue weighted by atomic mass is 16.5. The average molecular weight is 441 g/mol. The van der Waals surface area contributed by atoms with Crippen molar-refractivity contribution in [2.75, 3.05) is 29.9 Å². The van der Waals surface area contributed by atoms with Crippen LogP contribution in [0, 0.1) is 0 Å². The number of ether oxygens (including phenoxy) is 1. The van der Waals surface area contributed by atoms with E-state index in [0.717, 1.165) is 67.7 Å². The summed E-state index contributed by atoms with van der Waals surface area (Å²) < 4.78 is 5.76. The van der Waals surface area contributed by atoms with E-state index in [0.29, 0.717) is 19.3 Å². The predicted octanol–water partition coefficient (Wildman–Crippen LogP) is 3.59. The molecule has 0 bridgehead atoms. The lowest BCUT2D eigenvalue weighted by Crippen LogP contribution is -2.39. The number of nitrogens with zero attached hydrogens (tertiary/aromatic N) is 4. The van der Waals surface area contributed by atoms with Crippen molar-refractivity contribution in [2.24, 2.45) is 4.99 Å². The second kappa shape index (κ2) is 8.92. The highest BCUT2D eigenvalue weighted by Crippen LogP contribution is 2.31. The highest BCUT2D eigenvalue weighted by Gasteiger charge is 2.27. The smallest absolute Gasteiger partial charge is 0.227 e. The van der Waals surface area contributed by atoms with Crippen LogP contribution in [0.15, 0.2) is 53.5 Å². The first-order valence-corrected chi connectivity index (χ1v) is 11.7. The Morgan fingerprint density at radius 2 is 2.00 bits per heavy atom. The molecule has 1 atom stereocenters. The van der Waals surface area contributed by atoms with Crippen molar-refractivity contribution in [3.8, 4) is 0 Å². The van der Waals surface area contributed by atoms with Crippen LogP contribution in [0.25, 0.3) is 0 Å². The Balaban J connectivity index is 1.33. The third kappa shape index (κ3) is 4.21. The minimum atomic E-state index is 0.340. The number of benzene rings is 2. The molecule has 1 aromatic heterocycles. The molecule has 4 heterocycles. The van der Waals surface area contributed by atoms with Gasteiger partial charge in [0.15, 0.2) is 0 Å². The zero-order valence-corrected chi connectivity index (χ0v) is 18.6. The molecule has 7 nitrogen and oxygen atoms in total. The Kier molecular flexibility index (Phi) is 5.49. The molecule has 1 fully saturated rings. The number of anilines is 3. The van der Waals surface area contributed by atoms with E-state index in [1.54, 1.807) is 0 Å². The molecule has 1 saturated heterocycles. The highest BCUT2D eigenvalue weighted by molar-refractivity contribution is 5.86. The SMILES string of the molecule is C1=NCc2ccc(Nc3nc(N4CCNCCC4Cc4ccccc4)nc4c3COC4)cc21. The fourth-order valence-corrected chi connectivity index (χ4v) is 4.88. The number of aliphatic imine (C=N–C) groups is 1. The molecule has 0 saturated carbocycles. The molecular formula is C26H28N6O. The third-order valence-electron chi connectivity index (χ3n) is 6.66. The summed E-state index contributed by atoms with van der Waals surface area (Å²) in [4.78, 5) is 16.8. The molecule has 3 aromatic rings. The van der Waals surface area contributed by atoms with Gasteiger partial charge in [-0.05, 0) is 48.2 Å². The normalized spacial score (nSPS) is 19.3. The van der Waals surface area contributed by atoms with Crippen molar-refractivity contribution in [1.29, 1.82) is 0 Å². The Morgan fingerprint density at radius 1 is 1.06 bits per heavy atom. The molecule has 3 aliphatic heterocycles. The Hall–Kier alpha value is -3.29. The van der Waals surface area contributed by atoms with Crippen molar-refractivity contribution < 1.29 is 4.74 Å². The van der Waals surface area contributed by atoms with Crippen LogP contribution in [-0.2, 0) is 30.9 Å². The Morgan fingerprint density at radius 3 is 2.94 bits per heavy atom. The Labute approximate surface area is 193 Å². The quantitative estimate of drug-likeness (QED) is 0.632. The summed E-state index contributed by atoms with van der Waals surface area (Å²) in [5, 5.41) is 7.10. The molecule has 3 aliphatic rings. The number of nitrogens with one attached hydrogen (secondary N) is 2. The van der Waals surface area contributed by atoms with Crippen LogP contribution in [-0.4, -0.2) is 41.9 Å². The zero-order chi connectivity index (χ0) is 22.0. The Bertz CT molecular complexity index is 1180. The second-order valence-corrected chi connectivity index (χ2v) is 8.87. The minimum Gasteiger partial charge on any atom is -0.370 e. The zero-order valence-electron chi connectivity index (χ0n) is 18.6. The van der Waals surface area contributed by atoms with Crippen LogP contribution in [0.3, 0.4) is 0 Å². The van der Waals surface area contributed by atoms with Gasteiger partial charge in [-0.15, -0.1) is 0 Å². The van der Waals surface area contributed by atoms with Crippen molar-refractivity contribution >= 4 is 23.7 Å². The summed E-state index contributed by atoms with van der Waals surface area (Å²) in [6, 6.07) is 17.4. The van der Waals surface area contributed by atoms with Crippen molar-refractivity contribution in [3.63, 3.8) is 0 Å². The third-order valence-corrected chi connectivity index (χ3v) is 6.66. The number of aromatic nitrogens is 2. The molecule has 33 heavy (non-hydrogen) atoms. The summed E-state index contributed by atoms with van der Waals surface area (Å²) in [7, 11) is 0. The van der Waals surface area contributed by atoms with Crippen LogP contribution in [0.4, 0.5) is 17.5 Å². The largest absolute Gasteiger partial charge is 0.370 e. The van der Waals surface area contributed by atoms with Gasteiger partial charge in [-0.3, -0.25) is 4.99 Å². The van der Waals surface area contributed by atoms with E-state index in [4.69, 9.17) is 14.7 Å². The van der Waals surface area contributed by atoms with Gasteiger partial charge >= 0.3 is 0 Å². The number of hydrogen-bond acceptors (Lipinski definition) is 7. The van der Waals surface area contributed by atoms with Crippen LogP contribution in [0.1, 0.15) is 34.4 Å². The van der Waals surface area contributed by atoms with Crippen LogP contribution in [0.2, 0.25) is 0 Å². The first kappa shape index (κ1) is 20.3. The molecule has 0 spiro atoms. The lowest BCUT2D eigenvalue weighted by atomic mass is 10.0. The van der Waals surface area contributed by atoms with Gasteiger partial charge in [0.1, 0.15) is 5.82 Å². The van der Waals surface area contributed by atoms with E-state index in [1.165, 1.54) is 16.7 Å². The maximum absolute atomic E-state index is 5.76. The molecule has 0 radical (unpaired) electrons. The van der Waals surface area contributed by atoms with Gasteiger partial charge in [0.2, 0.25) is 5.95 Å². The standard InChI is InChI=1S/C26H28N6O/c1-2-4-18(5-3-1)12-22-8-9-27-10-11-32(22)26-30-24-17-33-16-23(24)25(31-26)29-21-7-6-19-14-28-15-20(19)13-21/h1-7,13,15,22,27H,8-12,14,16-17H2,(H,29,30,31). The lowest BCUT2D eigenvalue weighted by molar-refractivity contribution is 0.133. The molecule has 0 aliphatic carbocycles. The van der Waals surface area contributed by atoms with Gasteiger partial charge in [-0.2, -0.15) is 4.98 Å². The number of rotatable bonds is 5. The predicted molar refractivity (Wildman–Crippen MR) is 130 cm³/mol. The van der Waals surface area contributed by atoms with Crippen molar-refractivity contribution in [1.82, 2.24) is 15.3 Å². The van der Waals surface area contributed by atoms with Gasteiger partial charge in [0.25, 0.3) is 0 Å². The molecular weight excluding hydrogens is 412 g/mol. The molecule has 6 rings (SSSR count). The summed E-state index contributed by atoms with van der Waals surface area (Å²) >= 11 is 0. The summed E-state index contributed by atoms with van der Waals surface area (Å²) in [5.41, 5.74) is 6.83. The first-order chi connectivity index (χ1) is 16.3. The van der Waals surface area contributed by atoms with Gasteiger partial charge in [-0.25, -0.2) is 4.98 Å². The molecule has 7 heteroatoms. The first-order valence-electron chi connectivity index (χ1n) is 11.7. The maximum Gasteiger partial charge on any atom is 0.227 e. The maximum atomic E-state index is 5.76. The average Bonchev–Trinajstić information content (AvgIpc) is 3.45. The van der Waals surface area contributed by atoms with Crippen molar-refractivity contribution in [2.45, 2.75) is 38.6 Å². The molecule has 2 N–H and O–H groups in total. The molecule has 1 unspecified atom stereocenters. The van der Waals surface area contributed by atoms with Crippen molar-refractivity contribution in [3.05, 3.63) is 76.5 Å². The van der Waals surface area contributed by atoms with Crippen LogP contribution in [0.5, 0.6) is 0 Å². The molecule has 168 valence electrons. The minimum absolute atomic E-state index is 0.340. The van der Waals surface area contributed by atoms with E-state index in [1.807, 2.05) is 6.21 Å². The summed E-state index contributed by atoms with van der Waals surface area (Å²) in [6.45, 7) is 4.65. The van der Waals surface area contributed by atoms with Gasteiger partial charge in [-0.1, -0.05) is 36.4 Å². The van der Waals surface area contributed by atoms with Crippen LogP contribution >= 0.6 is 0 Å². The molecule has 0 amide bonds. The second-order valence-electron chi connectivity index (χ2n) is 8.87. The van der Waals surface area contributed by atoms with Gasteiger partial charge < -0.3 is 20.3 Å². The van der Waals surface area contributed by atoms with E-state index in [2.05, 4.69) is 69.1 Å². The fraction of sp³-hybridized carbons (Fsp3) is 0.346. The van der Waals surface area contributed by atoms with E-state index >= 15 is 0 Å². The van der Waals surface area contributed by atoms with Gasteiger partial charge in [0, 0.05) is 36.6 Å². The number of hydrogen-bond donors (Lipinski definition) is 2. The summed E-state index contributed by atoms with van der Waals surface area (Å²) in [5.74, 6) is 1.63. The van der Waals surface area contributed by atoms with E-state index in [-0.39, 0.29) is 0 Å². The monoisotopic (exact) mass is 440 g/mol. The van der Waals surface area contributed by atoms with Crippen LogP contribution < -0.4 is 15.5 Å². The summed E-state index contributed by atoms with van der Waals surface area (Å²) in [6.07, 6.45) is 3.98. The number of fused-ring (bicyclic) bond motifs is 2. The lowest BCUT2D eigenvalue weighted by Gasteiger charge is -2.30. The van der Waals surface area contributed by atoms with Gasteiger partial charge in [0.05, 0.1) is 25.5 Å². The topological polar surface area (TPSA) is 74.7 Å². The van der Waals surface area contributed by atoms with E-state index in [9.17, 15) is 0 Å².